The quantitative estimate of drug-likeness (QED) is 0.585. The van der Waals surface area contributed by atoms with Gasteiger partial charge in [-0.25, -0.2) is 0 Å². The summed E-state index contributed by atoms with van der Waals surface area (Å²) in [6.07, 6.45) is 1.68. The Balaban J connectivity index is 1.67. The standard InChI is InChI=1S/C18H14ClN3O2/c1-10-15(4-2-11-9-21-24-17(10)11)20-8-13-6-12-7-14(19)3-5-16(12)22-18(13)23/h2-7,9,20H,8H2,1H3,(H,22,23). The molecule has 4 rings (SSSR count). The summed E-state index contributed by atoms with van der Waals surface area (Å²) in [6, 6.07) is 11.1. The van der Waals surface area contributed by atoms with E-state index >= 15 is 0 Å². The number of hydrogen-bond acceptors (Lipinski definition) is 4. The van der Waals surface area contributed by atoms with Gasteiger partial charge in [-0.05, 0) is 43.3 Å². The number of aromatic amines is 1. The van der Waals surface area contributed by atoms with E-state index in [0.717, 1.165) is 33.1 Å². The Kier molecular flexibility index (Phi) is 3.50. The van der Waals surface area contributed by atoms with Gasteiger partial charge in [0.25, 0.3) is 5.56 Å². The van der Waals surface area contributed by atoms with Crippen LogP contribution < -0.4 is 10.9 Å². The fraction of sp³-hybridized carbons (Fsp3) is 0.111. The zero-order chi connectivity index (χ0) is 16.7. The number of pyridine rings is 1. The number of halogens is 1. The summed E-state index contributed by atoms with van der Waals surface area (Å²) in [5.74, 6) is 0. The molecule has 2 aromatic carbocycles. The van der Waals surface area contributed by atoms with Gasteiger partial charge < -0.3 is 14.8 Å². The van der Waals surface area contributed by atoms with Gasteiger partial charge >= 0.3 is 0 Å². The van der Waals surface area contributed by atoms with E-state index in [-0.39, 0.29) is 5.56 Å². The summed E-state index contributed by atoms with van der Waals surface area (Å²) in [4.78, 5) is 15.1. The molecule has 2 N–H and O–H groups in total. The van der Waals surface area contributed by atoms with Crippen LogP contribution in [-0.4, -0.2) is 10.1 Å². The summed E-state index contributed by atoms with van der Waals surface area (Å²) in [6.45, 7) is 2.36. The zero-order valence-electron chi connectivity index (χ0n) is 12.9. The summed E-state index contributed by atoms with van der Waals surface area (Å²) in [7, 11) is 0. The van der Waals surface area contributed by atoms with Crippen molar-refractivity contribution in [2.75, 3.05) is 5.32 Å². The molecule has 0 saturated carbocycles. The van der Waals surface area contributed by atoms with E-state index in [1.165, 1.54) is 0 Å². The number of nitrogens with zero attached hydrogens (tertiary/aromatic N) is 1. The van der Waals surface area contributed by atoms with E-state index < -0.39 is 0 Å². The van der Waals surface area contributed by atoms with E-state index in [9.17, 15) is 4.79 Å². The largest absolute Gasteiger partial charge is 0.380 e. The van der Waals surface area contributed by atoms with Crippen LogP contribution in [0.3, 0.4) is 0 Å². The predicted molar refractivity (Wildman–Crippen MR) is 95.7 cm³/mol. The van der Waals surface area contributed by atoms with Gasteiger partial charge in [-0.1, -0.05) is 16.8 Å². The van der Waals surface area contributed by atoms with Gasteiger partial charge in [0.2, 0.25) is 0 Å². The highest BCUT2D eigenvalue weighted by molar-refractivity contribution is 6.31. The molecule has 0 bridgehead atoms. The number of aromatic nitrogens is 2. The van der Waals surface area contributed by atoms with Crippen LogP contribution in [0.15, 0.2) is 51.9 Å². The van der Waals surface area contributed by atoms with Crippen molar-refractivity contribution in [2.45, 2.75) is 13.5 Å². The molecule has 0 spiro atoms. The van der Waals surface area contributed by atoms with Crippen LogP contribution in [0, 0.1) is 6.92 Å². The maximum absolute atomic E-state index is 12.2. The number of H-pyrrole nitrogens is 1. The summed E-state index contributed by atoms with van der Waals surface area (Å²) in [5.41, 5.74) is 3.92. The van der Waals surface area contributed by atoms with Crippen LogP contribution in [0.5, 0.6) is 0 Å². The predicted octanol–water partition coefficient (Wildman–Crippen LogP) is 4.24. The van der Waals surface area contributed by atoms with Crippen molar-refractivity contribution >= 4 is 39.2 Å². The SMILES string of the molecule is Cc1c(NCc2cc3cc(Cl)ccc3[nH]c2=O)ccc2cnoc12. The van der Waals surface area contributed by atoms with Gasteiger partial charge in [-0.15, -0.1) is 0 Å². The third-order valence-electron chi connectivity index (χ3n) is 4.12. The Morgan fingerprint density at radius 1 is 1.21 bits per heavy atom. The van der Waals surface area contributed by atoms with Crippen LogP contribution >= 0.6 is 11.6 Å². The van der Waals surface area contributed by atoms with E-state index in [0.29, 0.717) is 17.1 Å². The molecule has 0 aliphatic heterocycles. The number of aryl methyl sites for hydroxylation is 1. The molecule has 0 unspecified atom stereocenters. The minimum absolute atomic E-state index is 0.115. The van der Waals surface area contributed by atoms with Crippen molar-refractivity contribution in [1.29, 1.82) is 0 Å². The Morgan fingerprint density at radius 3 is 2.96 bits per heavy atom. The molecule has 0 aliphatic carbocycles. The number of rotatable bonds is 3. The second kappa shape index (κ2) is 5.69. The third-order valence-corrected chi connectivity index (χ3v) is 4.36. The maximum Gasteiger partial charge on any atom is 0.253 e. The number of fused-ring (bicyclic) bond motifs is 2. The highest BCUT2D eigenvalue weighted by Crippen LogP contribution is 2.25. The van der Waals surface area contributed by atoms with Gasteiger partial charge in [-0.3, -0.25) is 4.79 Å². The first-order chi connectivity index (χ1) is 11.6. The highest BCUT2D eigenvalue weighted by Gasteiger charge is 2.09. The summed E-state index contributed by atoms with van der Waals surface area (Å²) in [5, 5.41) is 9.60. The summed E-state index contributed by atoms with van der Waals surface area (Å²) < 4.78 is 5.26. The monoisotopic (exact) mass is 339 g/mol. The van der Waals surface area contributed by atoms with E-state index in [1.54, 1.807) is 18.3 Å². The molecule has 0 saturated heterocycles. The molecular weight excluding hydrogens is 326 g/mol. The average Bonchev–Trinajstić information content (AvgIpc) is 3.04. The topological polar surface area (TPSA) is 70.9 Å². The van der Waals surface area contributed by atoms with Crippen LogP contribution in [0.4, 0.5) is 5.69 Å². The van der Waals surface area contributed by atoms with Crippen molar-refractivity contribution in [3.8, 4) is 0 Å². The second-order valence-electron chi connectivity index (χ2n) is 5.69. The molecule has 0 aliphatic rings. The first-order valence-corrected chi connectivity index (χ1v) is 7.89. The minimum atomic E-state index is -0.115. The third kappa shape index (κ3) is 2.53. The first-order valence-electron chi connectivity index (χ1n) is 7.51. The van der Waals surface area contributed by atoms with Gasteiger partial charge in [0.05, 0.1) is 6.20 Å². The lowest BCUT2D eigenvalue weighted by Crippen LogP contribution is -2.15. The van der Waals surface area contributed by atoms with Crippen LogP contribution in [-0.2, 0) is 6.54 Å². The van der Waals surface area contributed by atoms with Crippen LogP contribution in [0.2, 0.25) is 5.02 Å². The number of benzene rings is 2. The van der Waals surface area contributed by atoms with Crippen molar-refractivity contribution in [2.24, 2.45) is 0 Å². The molecule has 0 radical (unpaired) electrons. The first kappa shape index (κ1) is 14.8. The van der Waals surface area contributed by atoms with Crippen molar-refractivity contribution in [1.82, 2.24) is 10.1 Å². The molecule has 0 fully saturated rings. The minimum Gasteiger partial charge on any atom is -0.380 e. The molecule has 4 aromatic rings. The molecule has 5 nitrogen and oxygen atoms in total. The number of hydrogen-bond donors (Lipinski definition) is 2. The van der Waals surface area contributed by atoms with Crippen molar-refractivity contribution < 1.29 is 4.52 Å². The molecule has 0 atom stereocenters. The van der Waals surface area contributed by atoms with Gasteiger partial charge in [0.1, 0.15) is 0 Å². The second-order valence-corrected chi connectivity index (χ2v) is 6.13. The lowest BCUT2D eigenvalue weighted by molar-refractivity contribution is 0.455. The van der Waals surface area contributed by atoms with Crippen LogP contribution in [0.1, 0.15) is 11.1 Å². The Hall–Kier alpha value is -2.79. The van der Waals surface area contributed by atoms with Gasteiger partial charge in [-0.2, -0.15) is 0 Å². The smallest absolute Gasteiger partial charge is 0.253 e. The maximum atomic E-state index is 12.2. The molecule has 24 heavy (non-hydrogen) atoms. The van der Waals surface area contributed by atoms with E-state index in [4.69, 9.17) is 16.1 Å². The average molecular weight is 340 g/mol. The highest BCUT2D eigenvalue weighted by atomic mass is 35.5. The molecular formula is C18H14ClN3O2. The zero-order valence-corrected chi connectivity index (χ0v) is 13.6. The number of anilines is 1. The molecule has 2 heterocycles. The van der Waals surface area contributed by atoms with Crippen molar-refractivity contribution in [3.63, 3.8) is 0 Å². The fourth-order valence-electron chi connectivity index (χ4n) is 2.81. The van der Waals surface area contributed by atoms with Crippen molar-refractivity contribution in [3.05, 3.63) is 69.1 Å². The molecule has 0 amide bonds. The fourth-order valence-corrected chi connectivity index (χ4v) is 2.99. The Bertz CT molecular complexity index is 1110. The van der Waals surface area contributed by atoms with E-state index in [2.05, 4.69) is 15.5 Å². The lowest BCUT2D eigenvalue weighted by atomic mass is 10.1. The molecule has 120 valence electrons. The Labute approximate surface area is 142 Å². The lowest BCUT2D eigenvalue weighted by Gasteiger charge is -2.10. The summed E-state index contributed by atoms with van der Waals surface area (Å²) >= 11 is 6.03. The van der Waals surface area contributed by atoms with Crippen LogP contribution in [0.25, 0.3) is 21.9 Å². The normalized spacial score (nSPS) is 11.2. The number of nitrogens with one attached hydrogen (secondary N) is 2. The Morgan fingerprint density at radius 2 is 2.08 bits per heavy atom. The van der Waals surface area contributed by atoms with Gasteiger partial charge in [0, 0.05) is 44.7 Å². The van der Waals surface area contributed by atoms with E-state index in [1.807, 2.05) is 31.2 Å². The molecule has 2 aromatic heterocycles. The van der Waals surface area contributed by atoms with Gasteiger partial charge in [0.15, 0.2) is 5.58 Å². The molecule has 6 heteroatoms.